The Morgan fingerprint density at radius 1 is 1.38 bits per heavy atom. The van der Waals surface area contributed by atoms with Gasteiger partial charge in [0.2, 0.25) is 0 Å². The van der Waals surface area contributed by atoms with E-state index in [1.165, 1.54) is 12.1 Å². The summed E-state index contributed by atoms with van der Waals surface area (Å²) in [6, 6.07) is 9.74. The van der Waals surface area contributed by atoms with Gasteiger partial charge in [0.15, 0.2) is 0 Å². The van der Waals surface area contributed by atoms with Crippen molar-refractivity contribution in [2.45, 2.75) is 13.5 Å². The molecule has 0 saturated heterocycles. The van der Waals surface area contributed by atoms with E-state index >= 15 is 0 Å². The molecule has 0 aliphatic heterocycles. The maximum atomic E-state index is 13.0. The standard InChI is InChI=1S/C17H15ClFN3OS/c1-11-9-15(16-3-2-8-24-16)21-22(11)7-6-20-17(23)13-5-4-12(19)10-14(13)18/h2-5,8-10H,6-7H2,1H3,(H,20,23). The highest BCUT2D eigenvalue weighted by atomic mass is 35.5. The fraction of sp³-hybridized carbons (Fsp3) is 0.176. The zero-order valence-electron chi connectivity index (χ0n) is 12.9. The van der Waals surface area contributed by atoms with Gasteiger partial charge in [-0.3, -0.25) is 9.48 Å². The lowest BCUT2D eigenvalue weighted by atomic mass is 10.2. The van der Waals surface area contributed by atoms with Gasteiger partial charge in [-0.2, -0.15) is 5.10 Å². The summed E-state index contributed by atoms with van der Waals surface area (Å²) in [5.41, 5.74) is 2.21. The molecule has 0 atom stereocenters. The molecule has 0 aliphatic carbocycles. The molecule has 3 aromatic rings. The molecular formula is C17H15ClFN3OS. The minimum Gasteiger partial charge on any atom is -0.350 e. The molecule has 24 heavy (non-hydrogen) atoms. The summed E-state index contributed by atoms with van der Waals surface area (Å²) >= 11 is 7.52. The molecule has 1 N–H and O–H groups in total. The summed E-state index contributed by atoms with van der Waals surface area (Å²) in [5.74, 6) is -0.798. The predicted octanol–water partition coefficient (Wildman–Crippen LogP) is 4.14. The van der Waals surface area contributed by atoms with E-state index in [0.717, 1.165) is 22.3 Å². The van der Waals surface area contributed by atoms with Gasteiger partial charge in [0.25, 0.3) is 5.91 Å². The van der Waals surface area contributed by atoms with Gasteiger partial charge < -0.3 is 5.32 Å². The molecular weight excluding hydrogens is 349 g/mol. The molecule has 0 saturated carbocycles. The van der Waals surface area contributed by atoms with Gasteiger partial charge in [0, 0.05) is 12.2 Å². The number of hydrogen-bond donors (Lipinski definition) is 1. The highest BCUT2D eigenvalue weighted by molar-refractivity contribution is 7.13. The third-order valence-corrected chi connectivity index (χ3v) is 4.74. The second kappa shape index (κ2) is 7.15. The SMILES string of the molecule is Cc1cc(-c2cccs2)nn1CCNC(=O)c1ccc(F)cc1Cl. The number of hydrogen-bond acceptors (Lipinski definition) is 3. The van der Waals surface area contributed by atoms with Gasteiger partial charge in [-0.15, -0.1) is 11.3 Å². The molecule has 124 valence electrons. The molecule has 0 fully saturated rings. The Hall–Kier alpha value is -2.18. The average Bonchev–Trinajstić information content (AvgIpc) is 3.17. The Bertz CT molecular complexity index is 861. The number of aryl methyl sites for hydroxylation is 1. The lowest BCUT2D eigenvalue weighted by Gasteiger charge is -2.08. The molecule has 1 amide bonds. The normalized spacial score (nSPS) is 10.8. The maximum Gasteiger partial charge on any atom is 0.252 e. The predicted molar refractivity (Wildman–Crippen MR) is 94.0 cm³/mol. The van der Waals surface area contributed by atoms with E-state index in [1.807, 2.05) is 35.2 Å². The van der Waals surface area contributed by atoms with Crippen molar-refractivity contribution in [3.8, 4) is 10.6 Å². The van der Waals surface area contributed by atoms with Gasteiger partial charge in [0.1, 0.15) is 11.5 Å². The Labute approximate surface area is 147 Å². The summed E-state index contributed by atoms with van der Waals surface area (Å²) in [6.07, 6.45) is 0. The van der Waals surface area contributed by atoms with E-state index in [2.05, 4.69) is 10.4 Å². The third-order valence-electron chi connectivity index (χ3n) is 3.54. The number of nitrogens with zero attached hydrogens (tertiary/aromatic N) is 2. The van der Waals surface area contributed by atoms with Crippen LogP contribution in [0.5, 0.6) is 0 Å². The number of benzene rings is 1. The second-order valence-electron chi connectivity index (χ2n) is 5.25. The number of halogens is 2. The van der Waals surface area contributed by atoms with E-state index in [9.17, 15) is 9.18 Å². The summed E-state index contributed by atoms with van der Waals surface area (Å²) in [7, 11) is 0. The highest BCUT2D eigenvalue weighted by Gasteiger charge is 2.11. The van der Waals surface area contributed by atoms with E-state index in [0.29, 0.717) is 13.1 Å². The monoisotopic (exact) mass is 363 g/mol. The molecule has 0 radical (unpaired) electrons. The van der Waals surface area contributed by atoms with Crippen LogP contribution in [0.15, 0.2) is 41.8 Å². The number of aromatic nitrogens is 2. The zero-order chi connectivity index (χ0) is 17.1. The summed E-state index contributed by atoms with van der Waals surface area (Å²) in [6.45, 7) is 2.92. The van der Waals surface area contributed by atoms with Crippen LogP contribution in [0.1, 0.15) is 16.1 Å². The lowest BCUT2D eigenvalue weighted by Crippen LogP contribution is -2.28. The third kappa shape index (κ3) is 3.66. The lowest BCUT2D eigenvalue weighted by molar-refractivity contribution is 0.0952. The van der Waals surface area contributed by atoms with Gasteiger partial charge in [0.05, 0.1) is 22.0 Å². The van der Waals surface area contributed by atoms with Crippen LogP contribution < -0.4 is 5.32 Å². The van der Waals surface area contributed by atoms with E-state index in [-0.39, 0.29) is 16.5 Å². The van der Waals surface area contributed by atoms with Crippen LogP contribution in [0.2, 0.25) is 5.02 Å². The molecule has 2 heterocycles. The van der Waals surface area contributed by atoms with Crippen LogP contribution in [0, 0.1) is 12.7 Å². The average molecular weight is 364 g/mol. The summed E-state index contributed by atoms with van der Waals surface area (Å²) in [5, 5.41) is 9.44. The number of carbonyl (C=O) groups is 1. The number of thiophene rings is 1. The van der Waals surface area contributed by atoms with Crippen LogP contribution in [0.3, 0.4) is 0 Å². The van der Waals surface area contributed by atoms with Gasteiger partial charge in [-0.1, -0.05) is 17.7 Å². The number of nitrogens with one attached hydrogen (secondary N) is 1. The van der Waals surface area contributed by atoms with E-state index in [4.69, 9.17) is 11.6 Å². The first-order chi connectivity index (χ1) is 11.5. The molecule has 2 aromatic heterocycles. The van der Waals surface area contributed by atoms with Crippen molar-refractivity contribution in [1.29, 1.82) is 0 Å². The van der Waals surface area contributed by atoms with Crippen LogP contribution in [-0.4, -0.2) is 22.2 Å². The number of rotatable bonds is 5. The van der Waals surface area contributed by atoms with Crippen molar-refractivity contribution in [3.05, 3.63) is 63.9 Å². The van der Waals surface area contributed by atoms with Crippen molar-refractivity contribution in [2.24, 2.45) is 0 Å². The van der Waals surface area contributed by atoms with Crippen molar-refractivity contribution in [1.82, 2.24) is 15.1 Å². The minimum atomic E-state index is -0.468. The molecule has 0 spiro atoms. The first kappa shape index (κ1) is 16.7. The van der Waals surface area contributed by atoms with Crippen LogP contribution in [0.4, 0.5) is 4.39 Å². The molecule has 1 aromatic carbocycles. The topological polar surface area (TPSA) is 46.9 Å². The van der Waals surface area contributed by atoms with E-state index < -0.39 is 5.82 Å². The molecule has 0 bridgehead atoms. The largest absolute Gasteiger partial charge is 0.350 e. The summed E-state index contributed by atoms with van der Waals surface area (Å²) in [4.78, 5) is 13.2. The van der Waals surface area contributed by atoms with Crippen molar-refractivity contribution in [2.75, 3.05) is 6.54 Å². The molecule has 0 unspecified atom stereocenters. The molecule has 3 rings (SSSR count). The van der Waals surface area contributed by atoms with Crippen molar-refractivity contribution in [3.63, 3.8) is 0 Å². The molecule has 4 nitrogen and oxygen atoms in total. The van der Waals surface area contributed by atoms with Crippen molar-refractivity contribution < 1.29 is 9.18 Å². The smallest absolute Gasteiger partial charge is 0.252 e. The Kier molecular flexibility index (Phi) is 4.97. The highest BCUT2D eigenvalue weighted by Crippen LogP contribution is 2.23. The fourth-order valence-corrected chi connectivity index (χ4v) is 3.26. The summed E-state index contributed by atoms with van der Waals surface area (Å²) < 4.78 is 14.9. The van der Waals surface area contributed by atoms with Crippen molar-refractivity contribution >= 4 is 28.8 Å². The van der Waals surface area contributed by atoms with Crippen LogP contribution >= 0.6 is 22.9 Å². The van der Waals surface area contributed by atoms with Crippen LogP contribution in [-0.2, 0) is 6.54 Å². The molecule has 0 aliphatic rings. The van der Waals surface area contributed by atoms with Gasteiger partial charge in [-0.05, 0) is 42.6 Å². The first-order valence-electron chi connectivity index (χ1n) is 7.36. The number of amides is 1. The quantitative estimate of drug-likeness (QED) is 0.740. The Balaban J connectivity index is 1.61. The van der Waals surface area contributed by atoms with Gasteiger partial charge >= 0.3 is 0 Å². The Morgan fingerprint density at radius 2 is 2.21 bits per heavy atom. The fourth-order valence-electron chi connectivity index (χ4n) is 2.33. The Morgan fingerprint density at radius 3 is 2.92 bits per heavy atom. The number of carbonyl (C=O) groups excluding carboxylic acids is 1. The zero-order valence-corrected chi connectivity index (χ0v) is 14.5. The maximum absolute atomic E-state index is 13.0. The minimum absolute atomic E-state index is 0.0998. The first-order valence-corrected chi connectivity index (χ1v) is 8.62. The van der Waals surface area contributed by atoms with Gasteiger partial charge in [-0.25, -0.2) is 4.39 Å². The molecule has 7 heteroatoms. The second-order valence-corrected chi connectivity index (χ2v) is 6.61. The van der Waals surface area contributed by atoms with E-state index in [1.54, 1.807) is 11.3 Å². The van der Waals surface area contributed by atoms with Crippen LogP contribution in [0.25, 0.3) is 10.6 Å².